The molecule has 0 saturated carbocycles. The van der Waals surface area contributed by atoms with Crippen LogP contribution < -0.4 is 0 Å². The molecule has 2 heterocycles. The van der Waals surface area contributed by atoms with Gasteiger partial charge in [0.2, 0.25) is 11.8 Å². The van der Waals surface area contributed by atoms with Crippen molar-refractivity contribution in [2.45, 2.75) is 137 Å². The van der Waals surface area contributed by atoms with Gasteiger partial charge in [-0.25, -0.2) is 0 Å². The SMILES string of the molecule is CCCCCCCCCCCCCC[N+](CC)(CCC[N+](CC)(CC)CN1CCCC1=O)CN1CCCC1=O. The second kappa shape index (κ2) is 19.1. The summed E-state index contributed by atoms with van der Waals surface area (Å²) in [7, 11) is 0. The molecule has 2 aliphatic heterocycles. The topological polar surface area (TPSA) is 40.6 Å². The molecule has 0 aliphatic carbocycles. The van der Waals surface area contributed by atoms with Gasteiger partial charge in [-0.1, -0.05) is 71.1 Å². The molecule has 1 atom stereocenters. The molecule has 2 rings (SSSR count). The highest BCUT2D eigenvalue weighted by molar-refractivity contribution is 5.78. The van der Waals surface area contributed by atoms with Gasteiger partial charge in [0.15, 0.2) is 13.3 Å². The van der Waals surface area contributed by atoms with E-state index in [2.05, 4.69) is 37.5 Å². The molecular weight excluding hydrogens is 484 g/mol. The van der Waals surface area contributed by atoms with E-state index in [4.69, 9.17) is 0 Å². The highest BCUT2D eigenvalue weighted by Gasteiger charge is 2.35. The number of unbranched alkanes of at least 4 members (excludes halogenated alkanes) is 11. The Kier molecular flexibility index (Phi) is 16.7. The Labute approximate surface area is 242 Å². The second-order valence-corrected chi connectivity index (χ2v) is 12.8. The Morgan fingerprint density at radius 3 is 1.31 bits per heavy atom. The van der Waals surface area contributed by atoms with Gasteiger partial charge >= 0.3 is 0 Å². The van der Waals surface area contributed by atoms with E-state index in [9.17, 15) is 9.59 Å². The van der Waals surface area contributed by atoms with E-state index in [0.717, 1.165) is 100 Å². The monoisotopic (exact) mass is 551 g/mol. The molecule has 0 bridgehead atoms. The minimum absolute atomic E-state index is 0.345. The number of nitrogens with zero attached hydrogens (tertiary/aromatic N) is 4. The summed E-state index contributed by atoms with van der Waals surface area (Å²) >= 11 is 0. The van der Waals surface area contributed by atoms with Crippen LogP contribution in [0.1, 0.15) is 137 Å². The third-order valence-electron chi connectivity index (χ3n) is 10.0. The standard InChI is InChI=1S/C33H66N4O2/c1-5-9-10-11-12-13-14-15-16-17-18-19-27-37(8-4,31-35-26-21-24-33(35)39)29-22-28-36(6-2,7-3)30-34-25-20-23-32(34)38/h5-31H2,1-4H3/q+2. The van der Waals surface area contributed by atoms with E-state index < -0.39 is 0 Å². The Morgan fingerprint density at radius 2 is 0.897 bits per heavy atom. The van der Waals surface area contributed by atoms with Crippen LogP contribution in [0.15, 0.2) is 0 Å². The molecule has 2 aliphatic rings. The number of carbonyl (C=O) groups excluding carboxylic acids is 2. The lowest BCUT2D eigenvalue weighted by molar-refractivity contribution is -0.951. The van der Waals surface area contributed by atoms with Gasteiger partial charge in [0.1, 0.15) is 0 Å². The number of likely N-dealkylation sites (tertiary alicyclic amines) is 2. The van der Waals surface area contributed by atoms with Gasteiger partial charge in [-0.05, 0) is 46.5 Å². The molecule has 0 radical (unpaired) electrons. The van der Waals surface area contributed by atoms with Gasteiger partial charge in [-0.3, -0.25) is 19.4 Å². The number of amides is 2. The fraction of sp³-hybridized carbons (Fsp3) is 0.939. The minimum atomic E-state index is 0.345. The van der Waals surface area contributed by atoms with Gasteiger partial charge in [0.25, 0.3) is 0 Å². The lowest BCUT2D eigenvalue weighted by Gasteiger charge is -2.43. The van der Waals surface area contributed by atoms with Gasteiger partial charge in [-0.2, -0.15) is 0 Å². The van der Waals surface area contributed by atoms with E-state index in [1.54, 1.807) is 0 Å². The molecule has 0 aromatic heterocycles. The Hall–Kier alpha value is -1.14. The van der Waals surface area contributed by atoms with Crippen molar-refractivity contribution in [3.8, 4) is 0 Å². The molecule has 6 heteroatoms. The van der Waals surface area contributed by atoms with Crippen LogP contribution in [0.3, 0.4) is 0 Å². The predicted molar refractivity (Wildman–Crippen MR) is 164 cm³/mol. The maximum atomic E-state index is 12.6. The summed E-state index contributed by atoms with van der Waals surface area (Å²) in [5, 5.41) is 0. The van der Waals surface area contributed by atoms with E-state index in [-0.39, 0.29) is 0 Å². The van der Waals surface area contributed by atoms with Crippen molar-refractivity contribution in [3.63, 3.8) is 0 Å². The Bertz CT molecular complexity index is 681. The van der Waals surface area contributed by atoms with Crippen LogP contribution in [-0.2, 0) is 9.59 Å². The minimum Gasteiger partial charge on any atom is -0.307 e. The van der Waals surface area contributed by atoms with Crippen molar-refractivity contribution in [3.05, 3.63) is 0 Å². The number of hydrogen-bond donors (Lipinski definition) is 0. The van der Waals surface area contributed by atoms with Crippen LogP contribution in [0.2, 0.25) is 0 Å². The predicted octanol–water partition coefficient (Wildman–Crippen LogP) is 6.93. The Morgan fingerprint density at radius 1 is 0.513 bits per heavy atom. The van der Waals surface area contributed by atoms with Crippen molar-refractivity contribution in [1.29, 1.82) is 0 Å². The molecule has 2 fully saturated rings. The second-order valence-electron chi connectivity index (χ2n) is 12.8. The van der Waals surface area contributed by atoms with Crippen LogP contribution >= 0.6 is 0 Å². The van der Waals surface area contributed by atoms with Gasteiger partial charge in [0.05, 0.1) is 39.3 Å². The average molecular weight is 551 g/mol. The van der Waals surface area contributed by atoms with Crippen LogP contribution in [0.5, 0.6) is 0 Å². The van der Waals surface area contributed by atoms with Crippen molar-refractivity contribution in [1.82, 2.24) is 9.80 Å². The van der Waals surface area contributed by atoms with Gasteiger partial charge < -0.3 is 8.97 Å². The molecule has 228 valence electrons. The number of hydrogen-bond acceptors (Lipinski definition) is 2. The van der Waals surface area contributed by atoms with E-state index in [1.165, 1.54) is 83.6 Å². The van der Waals surface area contributed by atoms with Gasteiger partial charge in [0, 0.05) is 32.4 Å². The molecule has 0 N–H and O–H groups in total. The summed E-state index contributed by atoms with van der Waals surface area (Å²) in [5.41, 5.74) is 0. The quantitative estimate of drug-likeness (QED) is 0.0966. The third-order valence-corrected chi connectivity index (χ3v) is 10.0. The molecule has 39 heavy (non-hydrogen) atoms. The van der Waals surface area contributed by atoms with E-state index >= 15 is 0 Å². The lowest BCUT2D eigenvalue weighted by Crippen LogP contribution is -2.58. The zero-order valence-electron chi connectivity index (χ0n) is 26.7. The summed E-state index contributed by atoms with van der Waals surface area (Å²) in [4.78, 5) is 29.2. The number of carbonyl (C=O) groups is 2. The van der Waals surface area contributed by atoms with Crippen molar-refractivity contribution in [2.24, 2.45) is 0 Å². The fourth-order valence-corrected chi connectivity index (χ4v) is 6.94. The first kappa shape index (κ1) is 34.1. The zero-order chi connectivity index (χ0) is 28.4. The highest BCUT2D eigenvalue weighted by atomic mass is 16.2. The van der Waals surface area contributed by atoms with Crippen LogP contribution in [-0.4, -0.2) is 96.3 Å². The smallest absolute Gasteiger partial charge is 0.226 e. The largest absolute Gasteiger partial charge is 0.307 e. The molecule has 1 unspecified atom stereocenters. The summed E-state index contributed by atoms with van der Waals surface area (Å²) in [6.45, 7) is 19.6. The summed E-state index contributed by atoms with van der Waals surface area (Å²) in [6.07, 6.45) is 21.3. The van der Waals surface area contributed by atoms with Crippen LogP contribution in [0, 0.1) is 0 Å². The first-order valence-electron chi connectivity index (χ1n) is 17.2. The fourth-order valence-electron chi connectivity index (χ4n) is 6.94. The van der Waals surface area contributed by atoms with Gasteiger partial charge in [-0.15, -0.1) is 0 Å². The maximum absolute atomic E-state index is 12.6. The average Bonchev–Trinajstić information content (AvgIpc) is 3.54. The maximum Gasteiger partial charge on any atom is 0.226 e. The molecule has 6 nitrogen and oxygen atoms in total. The molecule has 0 spiro atoms. The molecular formula is C33H66N4O2+2. The highest BCUT2D eigenvalue weighted by Crippen LogP contribution is 2.21. The molecule has 2 amide bonds. The molecule has 0 aromatic carbocycles. The lowest BCUT2D eigenvalue weighted by atomic mass is 10.0. The Balaban J connectivity index is 1.82. The van der Waals surface area contributed by atoms with Crippen molar-refractivity contribution < 1.29 is 18.6 Å². The number of rotatable bonds is 24. The summed E-state index contributed by atoms with van der Waals surface area (Å²) in [5.74, 6) is 0.707. The van der Waals surface area contributed by atoms with Crippen molar-refractivity contribution in [2.75, 3.05) is 65.7 Å². The normalized spacial score (nSPS) is 17.9. The zero-order valence-corrected chi connectivity index (χ0v) is 26.7. The van der Waals surface area contributed by atoms with E-state index in [1.807, 2.05) is 0 Å². The number of quaternary nitrogens is 2. The molecule has 0 aromatic rings. The first-order valence-corrected chi connectivity index (χ1v) is 17.2. The van der Waals surface area contributed by atoms with E-state index in [0.29, 0.717) is 11.8 Å². The first-order chi connectivity index (χ1) is 18.9. The summed E-state index contributed by atoms with van der Waals surface area (Å²) in [6, 6.07) is 0. The van der Waals surface area contributed by atoms with Crippen LogP contribution in [0.4, 0.5) is 0 Å². The summed E-state index contributed by atoms with van der Waals surface area (Å²) < 4.78 is 2.07. The van der Waals surface area contributed by atoms with Crippen molar-refractivity contribution >= 4 is 11.8 Å². The third kappa shape index (κ3) is 12.1. The van der Waals surface area contributed by atoms with Crippen LogP contribution in [0.25, 0.3) is 0 Å². The molecule has 2 saturated heterocycles.